The van der Waals surface area contributed by atoms with Gasteiger partial charge in [0.05, 0.1) is 23.3 Å². The molecule has 0 saturated carbocycles. The van der Waals surface area contributed by atoms with E-state index in [4.69, 9.17) is 10.2 Å². The molecular formula is C6H12N2O4. The van der Waals surface area contributed by atoms with Crippen LogP contribution in [0.2, 0.25) is 0 Å². The molecule has 0 aliphatic heterocycles. The molecule has 6 nitrogen and oxygen atoms in total. The summed E-state index contributed by atoms with van der Waals surface area (Å²) in [4.78, 5) is 9.31. The van der Waals surface area contributed by atoms with Crippen molar-refractivity contribution in [1.82, 2.24) is 5.32 Å². The zero-order valence-corrected chi connectivity index (χ0v) is 6.73. The second-order valence-electron chi connectivity index (χ2n) is 2.31. The van der Waals surface area contributed by atoms with Crippen molar-refractivity contribution in [3.63, 3.8) is 0 Å². The zero-order valence-electron chi connectivity index (χ0n) is 6.73. The third-order valence-electron chi connectivity index (χ3n) is 1.13. The molecule has 0 aliphatic rings. The number of allylic oxidation sites excluding steroid dienone is 1. The van der Waals surface area contributed by atoms with Crippen LogP contribution in [-0.4, -0.2) is 34.4 Å². The van der Waals surface area contributed by atoms with Crippen LogP contribution in [0.1, 0.15) is 6.92 Å². The highest BCUT2D eigenvalue weighted by Crippen LogP contribution is 1.87. The number of rotatable bonds is 5. The smallest absolute Gasteiger partial charge is 0.252 e. The van der Waals surface area contributed by atoms with Gasteiger partial charge in [-0.25, -0.2) is 0 Å². The molecule has 0 aromatic carbocycles. The number of nitrogens with one attached hydrogen (secondary N) is 1. The number of aliphatic hydroxyl groups is 2. The van der Waals surface area contributed by atoms with E-state index in [0.29, 0.717) is 5.70 Å². The molecule has 3 N–H and O–H groups in total. The summed E-state index contributed by atoms with van der Waals surface area (Å²) >= 11 is 0. The molecule has 0 aromatic heterocycles. The maximum atomic E-state index is 9.90. The molecule has 6 heteroatoms. The monoisotopic (exact) mass is 176 g/mol. The minimum absolute atomic E-state index is 0.104. The van der Waals surface area contributed by atoms with Crippen LogP contribution >= 0.6 is 0 Å². The van der Waals surface area contributed by atoms with Gasteiger partial charge >= 0.3 is 0 Å². The third-order valence-corrected chi connectivity index (χ3v) is 1.13. The summed E-state index contributed by atoms with van der Waals surface area (Å²) in [6.07, 6.45) is -0.0931. The van der Waals surface area contributed by atoms with E-state index in [-0.39, 0.29) is 13.2 Å². The number of nitrogens with zero attached hydrogens (tertiary/aromatic N) is 1. The van der Waals surface area contributed by atoms with E-state index in [1.807, 2.05) is 0 Å². The van der Waals surface area contributed by atoms with Gasteiger partial charge < -0.3 is 15.5 Å². The topological polar surface area (TPSA) is 95.6 Å². The van der Waals surface area contributed by atoms with Crippen LogP contribution in [0.25, 0.3) is 0 Å². The molecule has 0 spiro atoms. The second-order valence-corrected chi connectivity index (χ2v) is 2.31. The van der Waals surface area contributed by atoms with E-state index < -0.39 is 11.0 Å². The summed E-state index contributed by atoms with van der Waals surface area (Å²) in [5, 5.41) is 29.7. The first-order valence-electron chi connectivity index (χ1n) is 3.41. The molecule has 0 heterocycles. The Kier molecular flexibility index (Phi) is 4.98. The molecule has 0 fully saturated rings. The molecular weight excluding hydrogens is 164 g/mol. The largest absolute Gasteiger partial charge is 0.394 e. The van der Waals surface area contributed by atoms with E-state index in [0.717, 1.165) is 6.20 Å². The second kappa shape index (κ2) is 5.50. The Balaban J connectivity index is 3.70. The average molecular weight is 176 g/mol. The summed E-state index contributed by atoms with van der Waals surface area (Å²) < 4.78 is 0. The third kappa shape index (κ3) is 5.63. The first kappa shape index (κ1) is 10.9. The summed E-state index contributed by atoms with van der Waals surface area (Å²) in [7, 11) is 0. The molecule has 0 bridgehead atoms. The molecule has 12 heavy (non-hydrogen) atoms. The van der Waals surface area contributed by atoms with Crippen LogP contribution in [0.3, 0.4) is 0 Å². The van der Waals surface area contributed by atoms with Crippen LogP contribution in [0.15, 0.2) is 11.9 Å². The van der Waals surface area contributed by atoms with E-state index in [9.17, 15) is 10.1 Å². The first-order chi connectivity index (χ1) is 5.56. The number of aliphatic hydroxyl groups excluding tert-OH is 2. The highest BCUT2D eigenvalue weighted by molar-refractivity contribution is 4.89. The maximum Gasteiger partial charge on any atom is 0.252 e. The molecule has 0 aromatic rings. The normalized spacial score (nSPS) is 14.1. The van der Waals surface area contributed by atoms with Crippen LogP contribution < -0.4 is 5.32 Å². The molecule has 0 saturated heterocycles. The predicted molar refractivity (Wildman–Crippen MR) is 41.8 cm³/mol. The lowest BCUT2D eigenvalue weighted by Crippen LogP contribution is -2.28. The van der Waals surface area contributed by atoms with Crippen molar-refractivity contribution in [3.8, 4) is 0 Å². The Morgan fingerprint density at radius 1 is 1.83 bits per heavy atom. The summed E-state index contributed by atoms with van der Waals surface area (Å²) in [6, 6.07) is 0. The molecule has 0 aliphatic carbocycles. The quantitative estimate of drug-likeness (QED) is 0.371. The van der Waals surface area contributed by atoms with Crippen molar-refractivity contribution >= 4 is 0 Å². The highest BCUT2D eigenvalue weighted by atomic mass is 16.6. The van der Waals surface area contributed by atoms with E-state index >= 15 is 0 Å². The van der Waals surface area contributed by atoms with Gasteiger partial charge in [-0.1, -0.05) is 0 Å². The van der Waals surface area contributed by atoms with Gasteiger partial charge in [-0.05, 0) is 6.92 Å². The predicted octanol–water partition coefficient (Wildman–Crippen LogP) is -0.933. The Labute approximate surface area is 69.7 Å². The van der Waals surface area contributed by atoms with E-state index in [1.54, 1.807) is 0 Å². The Bertz CT molecular complexity index is 180. The SMILES string of the molecule is C/C(=C\[N+](=O)[O-])NC[C@@H](O)CO. The molecule has 0 unspecified atom stereocenters. The van der Waals surface area contributed by atoms with E-state index in [2.05, 4.69) is 5.32 Å². The fourth-order valence-electron chi connectivity index (χ4n) is 0.547. The number of hydrogen-bond donors (Lipinski definition) is 3. The van der Waals surface area contributed by atoms with Gasteiger partial charge in [-0.2, -0.15) is 0 Å². The first-order valence-corrected chi connectivity index (χ1v) is 3.41. The van der Waals surface area contributed by atoms with Gasteiger partial charge in [0, 0.05) is 6.54 Å². The van der Waals surface area contributed by atoms with Crippen LogP contribution in [0, 0.1) is 10.1 Å². The van der Waals surface area contributed by atoms with Gasteiger partial charge in [-0.15, -0.1) is 0 Å². The van der Waals surface area contributed by atoms with Gasteiger partial charge in [0.2, 0.25) is 0 Å². The fourth-order valence-corrected chi connectivity index (χ4v) is 0.547. The molecule has 0 radical (unpaired) electrons. The van der Waals surface area contributed by atoms with Crippen LogP contribution in [-0.2, 0) is 0 Å². The van der Waals surface area contributed by atoms with Crippen molar-refractivity contribution in [2.45, 2.75) is 13.0 Å². The Morgan fingerprint density at radius 3 is 2.83 bits per heavy atom. The van der Waals surface area contributed by atoms with Gasteiger partial charge in [0.15, 0.2) is 0 Å². The Morgan fingerprint density at radius 2 is 2.42 bits per heavy atom. The highest BCUT2D eigenvalue weighted by Gasteiger charge is 2.01. The van der Waals surface area contributed by atoms with Gasteiger partial charge in [-0.3, -0.25) is 10.1 Å². The molecule has 0 rings (SSSR count). The minimum Gasteiger partial charge on any atom is -0.394 e. The lowest BCUT2D eigenvalue weighted by molar-refractivity contribution is -0.403. The lowest BCUT2D eigenvalue weighted by atomic mass is 10.3. The van der Waals surface area contributed by atoms with Gasteiger partial charge in [0.25, 0.3) is 6.20 Å². The van der Waals surface area contributed by atoms with Crippen LogP contribution in [0.5, 0.6) is 0 Å². The molecule has 0 amide bonds. The number of hydrogen-bond acceptors (Lipinski definition) is 5. The number of nitro groups is 1. The average Bonchev–Trinajstić information content (AvgIpc) is 1.99. The summed E-state index contributed by atoms with van der Waals surface area (Å²) in [6.45, 7) is 1.25. The minimum atomic E-state index is -0.889. The fraction of sp³-hybridized carbons (Fsp3) is 0.667. The molecule has 70 valence electrons. The summed E-state index contributed by atoms with van der Waals surface area (Å²) in [5.41, 5.74) is 0.340. The standard InChI is InChI=1S/C6H12N2O4/c1-5(3-8(11)12)7-2-6(10)4-9/h3,6-7,9-10H,2,4H2,1H3/b5-3+/t6-/m1/s1. The molecule has 1 atom stereocenters. The van der Waals surface area contributed by atoms with Gasteiger partial charge in [0.1, 0.15) is 0 Å². The maximum absolute atomic E-state index is 9.90. The van der Waals surface area contributed by atoms with Crippen LogP contribution in [0.4, 0.5) is 0 Å². The van der Waals surface area contributed by atoms with Crippen molar-refractivity contribution < 1.29 is 15.1 Å². The lowest BCUT2D eigenvalue weighted by Gasteiger charge is -2.08. The summed E-state index contributed by atoms with van der Waals surface area (Å²) in [5.74, 6) is 0. The van der Waals surface area contributed by atoms with Crippen molar-refractivity contribution in [2.75, 3.05) is 13.2 Å². The van der Waals surface area contributed by atoms with Crippen molar-refractivity contribution in [3.05, 3.63) is 22.0 Å². The van der Waals surface area contributed by atoms with Crippen molar-refractivity contribution in [1.29, 1.82) is 0 Å². The Hall–Kier alpha value is -1.14. The zero-order chi connectivity index (χ0) is 9.56. The van der Waals surface area contributed by atoms with E-state index in [1.165, 1.54) is 6.92 Å². The van der Waals surface area contributed by atoms with Crippen molar-refractivity contribution in [2.24, 2.45) is 0 Å².